The van der Waals surface area contributed by atoms with E-state index in [9.17, 15) is 4.79 Å². The lowest BCUT2D eigenvalue weighted by Gasteiger charge is -2.13. The van der Waals surface area contributed by atoms with Gasteiger partial charge in [-0.25, -0.2) is 9.78 Å². The SMILES string of the molecule is O=C(NCc1ccccc1Cl)Nc1cccc(CNc2cc(-c3ccccc3Cl)nc3c(Br)cnn23)c1. The summed E-state index contributed by atoms with van der Waals surface area (Å²) in [5.41, 5.74) is 4.73. The molecule has 0 bridgehead atoms. The van der Waals surface area contributed by atoms with E-state index in [1.807, 2.05) is 72.8 Å². The van der Waals surface area contributed by atoms with Gasteiger partial charge in [0, 0.05) is 40.5 Å². The zero-order valence-electron chi connectivity index (χ0n) is 19.4. The highest BCUT2D eigenvalue weighted by atomic mass is 79.9. The van der Waals surface area contributed by atoms with Gasteiger partial charge in [-0.05, 0) is 51.3 Å². The lowest BCUT2D eigenvalue weighted by molar-refractivity contribution is 0.251. The maximum atomic E-state index is 12.4. The summed E-state index contributed by atoms with van der Waals surface area (Å²) in [6.07, 6.45) is 1.70. The first-order valence-electron chi connectivity index (χ1n) is 11.4. The fourth-order valence-corrected chi connectivity index (χ4v) is 4.60. The fraction of sp³-hybridized carbons (Fsp3) is 0.0741. The molecule has 0 aliphatic carbocycles. The van der Waals surface area contributed by atoms with Gasteiger partial charge in [0.25, 0.3) is 0 Å². The molecule has 2 heterocycles. The van der Waals surface area contributed by atoms with Gasteiger partial charge in [0.2, 0.25) is 0 Å². The van der Waals surface area contributed by atoms with Crippen molar-refractivity contribution >= 4 is 62.3 Å². The van der Waals surface area contributed by atoms with Crippen LogP contribution in [0.2, 0.25) is 10.0 Å². The highest BCUT2D eigenvalue weighted by Crippen LogP contribution is 2.30. The fourth-order valence-electron chi connectivity index (χ4n) is 3.81. The normalized spacial score (nSPS) is 10.9. The van der Waals surface area contributed by atoms with Gasteiger partial charge in [0.05, 0.1) is 16.4 Å². The van der Waals surface area contributed by atoms with E-state index in [1.54, 1.807) is 16.8 Å². The van der Waals surface area contributed by atoms with Crippen LogP contribution in [0.15, 0.2) is 89.5 Å². The second-order valence-corrected chi connectivity index (χ2v) is 9.86. The van der Waals surface area contributed by atoms with Crippen molar-refractivity contribution in [3.8, 4) is 11.3 Å². The molecule has 0 aliphatic rings. The minimum atomic E-state index is -0.313. The zero-order valence-corrected chi connectivity index (χ0v) is 22.5. The number of hydrogen-bond acceptors (Lipinski definition) is 4. The number of amides is 2. The summed E-state index contributed by atoms with van der Waals surface area (Å²) in [5, 5.41) is 14.8. The van der Waals surface area contributed by atoms with Gasteiger partial charge in [-0.2, -0.15) is 9.61 Å². The van der Waals surface area contributed by atoms with Gasteiger partial charge >= 0.3 is 6.03 Å². The molecule has 0 saturated heterocycles. The molecule has 0 saturated carbocycles. The van der Waals surface area contributed by atoms with E-state index in [1.165, 1.54) is 0 Å². The second kappa shape index (κ2) is 11.2. The topological polar surface area (TPSA) is 83.4 Å². The van der Waals surface area contributed by atoms with Crippen LogP contribution in [0.5, 0.6) is 0 Å². The first kappa shape index (κ1) is 25.1. The Bertz CT molecular complexity index is 1590. The molecular formula is C27H21BrCl2N6O. The highest BCUT2D eigenvalue weighted by molar-refractivity contribution is 9.10. The number of halogens is 3. The first-order valence-corrected chi connectivity index (χ1v) is 12.9. The molecule has 5 rings (SSSR count). The van der Waals surface area contributed by atoms with Gasteiger partial charge in [0.1, 0.15) is 5.82 Å². The molecule has 0 atom stereocenters. The van der Waals surface area contributed by atoms with E-state index in [0.717, 1.165) is 32.7 Å². The Kier molecular flexibility index (Phi) is 7.60. The third-order valence-corrected chi connectivity index (χ3v) is 6.89. The Hall–Kier alpha value is -3.59. The Morgan fingerprint density at radius 2 is 1.70 bits per heavy atom. The number of nitrogens with zero attached hydrogens (tertiary/aromatic N) is 3. The Labute approximate surface area is 232 Å². The lowest BCUT2D eigenvalue weighted by atomic mass is 10.1. The average Bonchev–Trinajstić information content (AvgIpc) is 3.28. The second-order valence-electron chi connectivity index (χ2n) is 8.19. The highest BCUT2D eigenvalue weighted by Gasteiger charge is 2.13. The molecule has 0 spiro atoms. The third-order valence-electron chi connectivity index (χ3n) is 5.63. The molecule has 0 unspecified atom stereocenters. The van der Waals surface area contributed by atoms with Crippen LogP contribution in [-0.2, 0) is 13.1 Å². The number of anilines is 2. The Morgan fingerprint density at radius 3 is 2.51 bits per heavy atom. The van der Waals surface area contributed by atoms with E-state index >= 15 is 0 Å². The van der Waals surface area contributed by atoms with Gasteiger partial charge in [-0.15, -0.1) is 0 Å². The number of hydrogen-bond donors (Lipinski definition) is 3. The van der Waals surface area contributed by atoms with E-state index < -0.39 is 0 Å². The van der Waals surface area contributed by atoms with Crippen LogP contribution in [0, 0.1) is 0 Å². The van der Waals surface area contributed by atoms with E-state index in [2.05, 4.69) is 37.0 Å². The molecule has 0 radical (unpaired) electrons. The van der Waals surface area contributed by atoms with Crippen molar-refractivity contribution in [2.24, 2.45) is 0 Å². The lowest BCUT2D eigenvalue weighted by Crippen LogP contribution is -2.28. The van der Waals surface area contributed by atoms with Crippen molar-refractivity contribution in [2.45, 2.75) is 13.1 Å². The molecule has 2 amide bonds. The average molecular weight is 596 g/mol. The smallest absolute Gasteiger partial charge is 0.319 e. The molecule has 37 heavy (non-hydrogen) atoms. The van der Waals surface area contributed by atoms with Crippen molar-refractivity contribution in [3.63, 3.8) is 0 Å². The van der Waals surface area contributed by atoms with Crippen LogP contribution in [0.25, 0.3) is 16.9 Å². The van der Waals surface area contributed by atoms with E-state index in [4.69, 9.17) is 28.2 Å². The monoisotopic (exact) mass is 594 g/mol. The Morgan fingerprint density at radius 1 is 0.919 bits per heavy atom. The molecule has 0 fully saturated rings. The largest absolute Gasteiger partial charge is 0.366 e. The number of benzene rings is 3. The molecule has 3 aromatic carbocycles. The Balaban J connectivity index is 1.30. The number of aromatic nitrogens is 3. The third kappa shape index (κ3) is 5.88. The molecule has 3 N–H and O–H groups in total. The molecule has 186 valence electrons. The quantitative estimate of drug-likeness (QED) is 0.183. The summed E-state index contributed by atoms with van der Waals surface area (Å²) in [6, 6.07) is 24.2. The summed E-state index contributed by atoms with van der Waals surface area (Å²) in [4.78, 5) is 17.2. The van der Waals surface area contributed by atoms with E-state index in [0.29, 0.717) is 34.5 Å². The molecule has 7 nitrogen and oxygen atoms in total. The first-order chi connectivity index (χ1) is 18.0. The molecule has 5 aromatic rings. The minimum absolute atomic E-state index is 0.313. The number of rotatable bonds is 7. The standard InChI is InChI=1S/C27H21BrCl2N6O/c28-21-16-33-36-25(13-24(35-26(21)36)20-9-2-4-11-23(20)30)31-14-17-6-5-8-19(12-17)34-27(37)32-15-18-7-1-3-10-22(18)29/h1-13,16,31H,14-15H2,(H2,32,34,37). The van der Waals surface area contributed by atoms with Crippen molar-refractivity contribution in [3.05, 3.63) is 111 Å². The zero-order chi connectivity index (χ0) is 25.8. The minimum Gasteiger partial charge on any atom is -0.366 e. The summed E-state index contributed by atoms with van der Waals surface area (Å²) in [5.74, 6) is 0.751. The van der Waals surface area contributed by atoms with Crippen molar-refractivity contribution in [1.29, 1.82) is 0 Å². The number of urea groups is 1. The van der Waals surface area contributed by atoms with Crippen LogP contribution in [0.3, 0.4) is 0 Å². The molecular weight excluding hydrogens is 575 g/mol. The number of carbonyl (C=O) groups is 1. The number of fused-ring (bicyclic) bond motifs is 1. The number of nitrogens with one attached hydrogen (secondary N) is 3. The summed E-state index contributed by atoms with van der Waals surface area (Å²) < 4.78 is 2.51. The number of carbonyl (C=O) groups excluding carboxylic acids is 1. The maximum Gasteiger partial charge on any atom is 0.319 e. The predicted molar refractivity (Wildman–Crippen MR) is 152 cm³/mol. The van der Waals surface area contributed by atoms with Gasteiger partial charge in [0.15, 0.2) is 5.65 Å². The predicted octanol–water partition coefficient (Wildman–Crippen LogP) is 7.40. The molecule has 0 aliphatic heterocycles. The molecule has 10 heteroatoms. The molecule has 2 aromatic heterocycles. The van der Waals surface area contributed by atoms with Crippen LogP contribution in [0.1, 0.15) is 11.1 Å². The van der Waals surface area contributed by atoms with Crippen molar-refractivity contribution < 1.29 is 4.79 Å². The van der Waals surface area contributed by atoms with Gasteiger partial charge < -0.3 is 16.0 Å². The van der Waals surface area contributed by atoms with Crippen molar-refractivity contribution in [2.75, 3.05) is 10.6 Å². The van der Waals surface area contributed by atoms with Crippen LogP contribution in [-0.4, -0.2) is 20.6 Å². The summed E-state index contributed by atoms with van der Waals surface area (Å²) in [7, 11) is 0. The van der Waals surface area contributed by atoms with Crippen molar-refractivity contribution in [1.82, 2.24) is 19.9 Å². The van der Waals surface area contributed by atoms with Gasteiger partial charge in [-0.3, -0.25) is 0 Å². The van der Waals surface area contributed by atoms with Crippen LogP contribution < -0.4 is 16.0 Å². The van der Waals surface area contributed by atoms with Crippen LogP contribution in [0.4, 0.5) is 16.3 Å². The maximum absolute atomic E-state index is 12.4. The summed E-state index contributed by atoms with van der Waals surface area (Å²) in [6.45, 7) is 0.827. The van der Waals surface area contributed by atoms with Gasteiger partial charge in [-0.1, -0.05) is 71.7 Å². The summed E-state index contributed by atoms with van der Waals surface area (Å²) >= 11 is 16.1. The van der Waals surface area contributed by atoms with E-state index in [-0.39, 0.29) is 6.03 Å². The van der Waals surface area contributed by atoms with Crippen LogP contribution >= 0.6 is 39.1 Å².